The first-order valence-corrected chi connectivity index (χ1v) is 5.28. The van der Waals surface area contributed by atoms with E-state index in [0.29, 0.717) is 0 Å². The van der Waals surface area contributed by atoms with Gasteiger partial charge in [-0.15, -0.1) is 0 Å². The fourth-order valence-electron chi connectivity index (χ4n) is 2.02. The van der Waals surface area contributed by atoms with E-state index in [1.54, 1.807) is 0 Å². The van der Waals surface area contributed by atoms with Crippen molar-refractivity contribution in [3.63, 3.8) is 0 Å². The van der Waals surface area contributed by atoms with E-state index in [4.69, 9.17) is 5.73 Å². The number of nitrogen functional groups attached to an aromatic ring is 1. The van der Waals surface area contributed by atoms with Gasteiger partial charge in [0.25, 0.3) is 0 Å². The molecule has 0 aliphatic carbocycles. The van der Waals surface area contributed by atoms with Gasteiger partial charge in [0.15, 0.2) is 0 Å². The molecule has 1 aromatic heterocycles. The Bertz CT molecular complexity index is 515. The second-order valence-electron chi connectivity index (χ2n) is 3.96. The van der Waals surface area contributed by atoms with Crippen LogP contribution < -0.4 is 5.73 Å². The highest BCUT2D eigenvalue weighted by atomic mass is 14.7. The second kappa shape index (κ2) is 3.54. The van der Waals surface area contributed by atoms with E-state index in [0.717, 1.165) is 28.7 Å². The first kappa shape index (κ1) is 9.97. The van der Waals surface area contributed by atoms with Crippen LogP contribution in [0.4, 0.5) is 5.69 Å². The topological polar surface area (TPSA) is 38.9 Å². The Hall–Kier alpha value is -1.57. The Morgan fingerprint density at radius 2 is 2.00 bits per heavy atom. The highest BCUT2D eigenvalue weighted by Gasteiger charge is 2.08. The first-order valence-electron chi connectivity index (χ1n) is 5.28. The van der Waals surface area contributed by atoms with E-state index in [-0.39, 0.29) is 0 Å². The molecule has 0 fully saturated rings. The number of anilines is 1. The zero-order valence-electron chi connectivity index (χ0n) is 9.46. The fraction of sp³-hybridized carbons (Fsp3) is 0.308. The predicted octanol–water partition coefficient (Wildman–Crippen LogP) is 3.00. The van der Waals surface area contributed by atoms with Crippen molar-refractivity contribution in [3.8, 4) is 0 Å². The average molecular weight is 200 g/mol. The van der Waals surface area contributed by atoms with Crippen LogP contribution in [-0.2, 0) is 6.42 Å². The minimum Gasteiger partial charge on any atom is -0.398 e. The van der Waals surface area contributed by atoms with Crippen molar-refractivity contribution < 1.29 is 0 Å². The number of rotatable bonds is 1. The van der Waals surface area contributed by atoms with Gasteiger partial charge in [-0.05, 0) is 38.0 Å². The minimum atomic E-state index is 0.892. The summed E-state index contributed by atoms with van der Waals surface area (Å²) in [7, 11) is 0. The summed E-state index contributed by atoms with van der Waals surface area (Å²) in [5.41, 5.74) is 11.5. The zero-order valence-corrected chi connectivity index (χ0v) is 9.46. The summed E-state index contributed by atoms with van der Waals surface area (Å²) in [5, 5.41) is 1.08. The zero-order chi connectivity index (χ0) is 11.0. The molecule has 2 aromatic rings. The van der Waals surface area contributed by atoms with Gasteiger partial charge in [0.2, 0.25) is 0 Å². The molecule has 0 aliphatic heterocycles. The lowest BCUT2D eigenvalue weighted by Gasteiger charge is -2.10. The van der Waals surface area contributed by atoms with Crippen molar-refractivity contribution in [3.05, 3.63) is 35.0 Å². The fourth-order valence-corrected chi connectivity index (χ4v) is 2.02. The Balaban J connectivity index is 2.86. The number of aromatic nitrogens is 1. The van der Waals surface area contributed by atoms with Crippen molar-refractivity contribution in [2.45, 2.75) is 27.2 Å². The quantitative estimate of drug-likeness (QED) is 0.768. The summed E-state index contributed by atoms with van der Waals surface area (Å²) in [5.74, 6) is 0. The summed E-state index contributed by atoms with van der Waals surface area (Å²) in [6.45, 7) is 6.21. The van der Waals surface area contributed by atoms with Gasteiger partial charge >= 0.3 is 0 Å². The summed E-state index contributed by atoms with van der Waals surface area (Å²) < 4.78 is 0. The van der Waals surface area contributed by atoms with Gasteiger partial charge in [-0.3, -0.25) is 4.98 Å². The normalized spacial score (nSPS) is 10.9. The molecule has 2 N–H and O–H groups in total. The summed E-state index contributed by atoms with van der Waals surface area (Å²) >= 11 is 0. The van der Waals surface area contributed by atoms with E-state index in [9.17, 15) is 0 Å². The molecule has 1 heterocycles. The molecular formula is C13H16N2. The van der Waals surface area contributed by atoms with Gasteiger partial charge in [-0.1, -0.05) is 18.6 Å². The predicted molar refractivity (Wildman–Crippen MR) is 65.0 cm³/mol. The molecule has 2 heteroatoms. The number of fused-ring (bicyclic) bond motifs is 1. The smallest absolute Gasteiger partial charge is 0.0726 e. The largest absolute Gasteiger partial charge is 0.398 e. The Morgan fingerprint density at radius 1 is 1.27 bits per heavy atom. The average Bonchev–Trinajstić information content (AvgIpc) is 2.20. The summed E-state index contributed by atoms with van der Waals surface area (Å²) in [6.07, 6.45) is 0.939. The molecule has 15 heavy (non-hydrogen) atoms. The monoisotopic (exact) mass is 200 g/mol. The number of nitrogens with zero attached hydrogens (tertiary/aromatic N) is 1. The maximum atomic E-state index is 6.16. The lowest BCUT2D eigenvalue weighted by molar-refractivity contribution is 1.07. The molecule has 78 valence electrons. The van der Waals surface area contributed by atoms with E-state index in [1.807, 2.05) is 13.0 Å². The van der Waals surface area contributed by atoms with Crippen LogP contribution >= 0.6 is 0 Å². The molecule has 1 aromatic carbocycles. The standard InChI is InChI=1S/C13H16N2/c1-4-10-9(3)15-12-6-5-8(2)7-11(12)13(10)14/h5-7H,4H2,1-3H3,(H2,14,15). The molecular weight excluding hydrogens is 184 g/mol. The minimum absolute atomic E-state index is 0.892. The van der Waals surface area contributed by atoms with E-state index < -0.39 is 0 Å². The number of aryl methyl sites for hydroxylation is 2. The van der Waals surface area contributed by atoms with Gasteiger partial charge < -0.3 is 5.73 Å². The van der Waals surface area contributed by atoms with Crippen LogP contribution in [-0.4, -0.2) is 4.98 Å². The van der Waals surface area contributed by atoms with Gasteiger partial charge in [0.05, 0.1) is 5.52 Å². The van der Waals surface area contributed by atoms with Gasteiger partial charge in [0, 0.05) is 16.8 Å². The molecule has 0 saturated carbocycles. The first-order chi connectivity index (χ1) is 7.13. The van der Waals surface area contributed by atoms with Gasteiger partial charge in [-0.2, -0.15) is 0 Å². The van der Waals surface area contributed by atoms with Crippen LogP contribution in [0.3, 0.4) is 0 Å². The molecule has 0 unspecified atom stereocenters. The highest BCUT2D eigenvalue weighted by molar-refractivity contribution is 5.92. The molecule has 0 aliphatic rings. The summed E-state index contributed by atoms with van der Waals surface area (Å²) in [6, 6.07) is 6.21. The van der Waals surface area contributed by atoms with Crippen molar-refractivity contribution in [2.75, 3.05) is 5.73 Å². The third-order valence-corrected chi connectivity index (χ3v) is 2.85. The Labute approximate surface area is 90.1 Å². The number of pyridine rings is 1. The third kappa shape index (κ3) is 1.56. The molecule has 2 nitrogen and oxygen atoms in total. The molecule has 2 rings (SSSR count). The van der Waals surface area contributed by atoms with Crippen LogP contribution in [0.1, 0.15) is 23.7 Å². The summed E-state index contributed by atoms with van der Waals surface area (Å²) in [4.78, 5) is 4.57. The molecule has 0 atom stereocenters. The van der Waals surface area contributed by atoms with Gasteiger partial charge in [-0.25, -0.2) is 0 Å². The van der Waals surface area contributed by atoms with Crippen LogP contribution in [0.2, 0.25) is 0 Å². The lowest BCUT2D eigenvalue weighted by Crippen LogP contribution is -2.00. The number of benzene rings is 1. The Kier molecular flexibility index (Phi) is 2.35. The third-order valence-electron chi connectivity index (χ3n) is 2.85. The van der Waals surface area contributed by atoms with Crippen LogP contribution in [0, 0.1) is 13.8 Å². The van der Waals surface area contributed by atoms with E-state index in [1.165, 1.54) is 11.1 Å². The lowest BCUT2D eigenvalue weighted by atomic mass is 10.0. The highest BCUT2D eigenvalue weighted by Crippen LogP contribution is 2.26. The Morgan fingerprint density at radius 3 is 2.67 bits per heavy atom. The van der Waals surface area contributed by atoms with Crippen molar-refractivity contribution >= 4 is 16.6 Å². The van der Waals surface area contributed by atoms with E-state index in [2.05, 4.69) is 31.0 Å². The molecule has 0 amide bonds. The molecule has 0 radical (unpaired) electrons. The molecule has 0 saturated heterocycles. The van der Waals surface area contributed by atoms with Crippen LogP contribution in [0.25, 0.3) is 10.9 Å². The maximum absolute atomic E-state index is 6.16. The second-order valence-corrected chi connectivity index (χ2v) is 3.96. The molecule has 0 spiro atoms. The number of nitrogens with two attached hydrogens (primary N) is 1. The SMILES string of the molecule is CCc1c(C)nc2ccc(C)cc2c1N. The van der Waals surface area contributed by atoms with E-state index >= 15 is 0 Å². The van der Waals surface area contributed by atoms with Gasteiger partial charge in [0.1, 0.15) is 0 Å². The molecule has 0 bridgehead atoms. The van der Waals surface area contributed by atoms with Crippen LogP contribution in [0.5, 0.6) is 0 Å². The van der Waals surface area contributed by atoms with Crippen molar-refractivity contribution in [1.29, 1.82) is 0 Å². The maximum Gasteiger partial charge on any atom is 0.0726 e. The number of hydrogen-bond donors (Lipinski definition) is 1. The number of hydrogen-bond acceptors (Lipinski definition) is 2. The van der Waals surface area contributed by atoms with Crippen LogP contribution in [0.15, 0.2) is 18.2 Å². The van der Waals surface area contributed by atoms with Crippen molar-refractivity contribution in [1.82, 2.24) is 4.98 Å². The van der Waals surface area contributed by atoms with Crippen molar-refractivity contribution in [2.24, 2.45) is 0 Å².